The minimum absolute atomic E-state index is 0.177. The molecule has 2 aromatic heterocycles. The molecule has 0 amide bonds. The van der Waals surface area contributed by atoms with Crippen molar-refractivity contribution in [3.63, 3.8) is 0 Å². The number of aryl methyl sites for hydroxylation is 1. The lowest BCUT2D eigenvalue weighted by atomic mass is 9.96. The summed E-state index contributed by atoms with van der Waals surface area (Å²) in [7, 11) is 1.61. The Kier molecular flexibility index (Phi) is 3.22. The summed E-state index contributed by atoms with van der Waals surface area (Å²) in [6.45, 7) is 0.926. The molecule has 10 nitrogen and oxygen atoms in total. The molecule has 1 saturated heterocycles. The number of nitrogens with zero attached hydrogens (tertiary/aromatic N) is 4. The van der Waals surface area contributed by atoms with Crippen LogP contribution in [0.25, 0.3) is 11.2 Å². The molecule has 4 atom stereocenters. The predicted octanol–water partition coefficient (Wildman–Crippen LogP) is -3.09. The van der Waals surface area contributed by atoms with Crippen LogP contribution in [-0.4, -0.2) is 54.3 Å². The second-order valence-electron chi connectivity index (χ2n) is 5.57. The maximum atomic E-state index is 11.9. The van der Waals surface area contributed by atoms with Crippen molar-refractivity contribution in [2.45, 2.75) is 31.0 Å². The van der Waals surface area contributed by atoms with Gasteiger partial charge in [0.2, 0.25) is 6.23 Å². The van der Waals surface area contributed by atoms with Gasteiger partial charge in [0.05, 0.1) is 13.7 Å². The standard InChI is InChI=1S/C12H17N5O5/c1-12(21)7(19)5(3-18)22-10(12)17-4-16(2)6-8(17)14-11(13)15-9(6)20/h4-5,7,10,18-19,21H,3H2,1-2H3,(H2-,13,14,15,20)/t5-,7+,10-,12?/m1/s1. The van der Waals surface area contributed by atoms with E-state index in [1.807, 2.05) is 0 Å². The van der Waals surface area contributed by atoms with E-state index in [2.05, 4.69) is 9.97 Å². The average molecular weight is 311 g/mol. The number of hydrogen-bond donors (Lipinski definition) is 4. The van der Waals surface area contributed by atoms with Gasteiger partial charge in [-0.2, -0.15) is 0 Å². The molecule has 22 heavy (non-hydrogen) atoms. The number of nitrogen functional groups attached to an aromatic ring is 1. The number of aliphatic hydroxyl groups is 3. The Hall–Kier alpha value is -2.01. The molecule has 0 aromatic carbocycles. The second kappa shape index (κ2) is 4.74. The first-order valence-electron chi connectivity index (χ1n) is 6.64. The quantitative estimate of drug-likeness (QED) is 0.426. The number of aromatic nitrogens is 4. The third-order valence-electron chi connectivity index (χ3n) is 3.93. The molecule has 10 heteroatoms. The molecule has 2 aromatic rings. The number of hydrogen-bond acceptors (Lipinski definition) is 8. The third kappa shape index (κ3) is 1.92. The number of fused-ring (bicyclic) bond motifs is 1. The van der Waals surface area contributed by atoms with Crippen LogP contribution in [0, 0.1) is 0 Å². The first kappa shape index (κ1) is 14.9. The summed E-state index contributed by atoms with van der Waals surface area (Å²) in [4.78, 5) is 7.59. The number of rotatable bonds is 2. The number of aliphatic hydroxyl groups excluding tert-OH is 2. The van der Waals surface area contributed by atoms with Gasteiger partial charge in [-0.3, -0.25) is 4.57 Å². The molecular formula is C12H17N5O5. The Morgan fingerprint density at radius 2 is 2.23 bits per heavy atom. The van der Waals surface area contributed by atoms with Gasteiger partial charge in [-0.25, -0.2) is 9.55 Å². The van der Waals surface area contributed by atoms with Crippen LogP contribution in [0.2, 0.25) is 0 Å². The Morgan fingerprint density at radius 3 is 2.82 bits per heavy atom. The summed E-state index contributed by atoms with van der Waals surface area (Å²) in [6, 6.07) is 0. The molecule has 1 unspecified atom stereocenters. The molecule has 0 bridgehead atoms. The molecule has 1 aliphatic rings. The van der Waals surface area contributed by atoms with Gasteiger partial charge in [-0.1, -0.05) is 4.98 Å². The van der Waals surface area contributed by atoms with Crippen LogP contribution in [0.15, 0.2) is 6.33 Å². The predicted molar refractivity (Wildman–Crippen MR) is 70.2 cm³/mol. The van der Waals surface area contributed by atoms with E-state index in [0.29, 0.717) is 0 Å². The smallest absolute Gasteiger partial charge is 0.309 e. The van der Waals surface area contributed by atoms with Gasteiger partial charge in [0.25, 0.3) is 5.95 Å². The van der Waals surface area contributed by atoms with E-state index in [0.717, 1.165) is 0 Å². The molecule has 0 aliphatic carbocycles. The monoisotopic (exact) mass is 311 g/mol. The molecule has 1 aliphatic heterocycles. The summed E-state index contributed by atoms with van der Waals surface area (Å²) >= 11 is 0. The maximum Gasteiger partial charge on any atom is 0.309 e. The highest BCUT2D eigenvalue weighted by molar-refractivity contribution is 5.74. The second-order valence-corrected chi connectivity index (χ2v) is 5.57. The lowest BCUT2D eigenvalue weighted by molar-refractivity contribution is -0.752. The zero-order chi connectivity index (χ0) is 16.2. The molecule has 120 valence electrons. The van der Waals surface area contributed by atoms with Crippen molar-refractivity contribution in [1.82, 2.24) is 14.5 Å². The fraction of sp³-hybridized carbons (Fsp3) is 0.583. The highest BCUT2D eigenvalue weighted by Crippen LogP contribution is 2.35. The lowest BCUT2D eigenvalue weighted by Gasteiger charge is -2.24. The molecule has 0 saturated carbocycles. The van der Waals surface area contributed by atoms with Crippen molar-refractivity contribution >= 4 is 17.1 Å². The van der Waals surface area contributed by atoms with Gasteiger partial charge in [-0.15, -0.1) is 0 Å². The van der Waals surface area contributed by atoms with E-state index in [4.69, 9.17) is 10.5 Å². The van der Waals surface area contributed by atoms with Crippen molar-refractivity contribution in [2.24, 2.45) is 7.05 Å². The minimum atomic E-state index is -1.69. The van der Waals surface area contributed by atoms with Crippen LogP contribution in [0.1, 0.15) is 13.2 Å². The summed E-state index contributed by atoms with van der Waals surface area (Å²) in [5, 5.41) is 41.7. The summed E-state index contributed by atoms with van der Waals surface area (Å²) in [5.41, 5.74) is 4.19. The maximum absolute atomic E-state index is 11.9. The Morgan fingerprint density at radius 1 is 1.55 bits per heavy atom. The van der Waals surface area contributed by atoms with E-state index in [9.17, 15) is 20.4 Å². The highest BCUT2D eigenvalue weighted by Gasteiger charge is 2.55. The number of ether oxygens (including phenoxy) is 1. The zero-order valence-corrected chi connectivity index (χ0v) is 12.0. The summed E-state index contributed by atoms with van der Waals surface area (Å²) in [5.74, 6) is -0.755. The molecule has 3 rings (SSSR count). The Balaban J connectivity index is 2.19. The van der Waals surface area contributed by atoms with Crippen molar-refractivity contribution in [2.75, 3.05) is 12.3 Å². The number of imidazole rings is 1. The van der Waals surface area contributed by atoms with Gasteiger partial charge < -0.3 is 30.9 Å². The average Bonchev–Trinajstić information content (AvgIpc) is 2.86. The molecule has 0 radical (unpaired) electrons. The van der Waals surface area contributed by atoms with Crippen LogP contribution in [0.4, 0.5) is 5.95 Å². The van der Waals surface area contributed by atoms with E-state index in [-0.39, 0.29) is 17.1 Å². The lowest BCUT2D eigenvalue weighted by Crippen LogP contribution is -2.53. The van der Waals surface area contributed by atoms with Gasteiger partial charge in [0.1, 0.15) is 17.8 Å². The normalized spacial score (nSPS) is 32.0. The highest BCUT2D eigenvalue weighted by atomic mass is 16.6. The van der Waals surface area contributed by atoms with Gasteiger partial charge in [0.15, 0.2) is 11.8 Å². The van der Waals surface area contributed by atoms with Crippen molar-refractivity contribution in [3.05, 3.63) is 6.33 Å². The Bertz CT molecular complexity index is 730. The van der Waals surface area contributed by atoms with Crippen LogP contribution >= 0.6 is 0 Å². The van der Waals surface area contributed by atoms with Crippen LogP contribution in [0.3, 0.4) is 0 Å². The minimum Gasteiger partial charge on any atom is -0.856 e. The fourth-order valence-corrected chi connectivity index (χ4v) is 2.79. The van der Waals surface area contributed by atoms with Crippen LogP contribution < -0.4 is 15.4 Å². The third-order valence-corrected chi connectivity index (χ3v) is 3.93. The van der Waals surface area contributed by atoms with E-state index < -0.39 is 36.5 Å². The first-order chi connectivity index (χ1) is 10.3. The van der Waals surface area contributed by atoms with E-state index >= 15 is 0 Å². The number of anilines is 1. The van der Waals surface area contributed by atoms with Crippen molar-refractivity contribution in [3.8, 4) is 5.88 Å². The molecule has 0 spiro atoms. The van der Waals surface area contributed by atoms with Crippen LogP contribution in [-0.2, 0) is 11.8 Å². The van der Waals surface area contributed by atoms with Crippen LogP contribution in [0.5, 0.6) is 5.88 Å². The SMILES string of the molecule is Cn1c[n+]([C@@H]2O[C@H](CO)[C@H](O)C2(C)O)c2nc(N)nc([O-])c21. The Labute approximate surface area is 125 Å². The van der Waals surface area contributed by atoms with E-state index in [1.165, 1.54) is 22.4 Å². The summed E-state index contributed by atoms with van der Waals surface area (Å²) in [6.07, 6.45) is -1.80. The van der Waals surface area contributed by atoms with E-state index in [1.54, 1.807) is 7.05 Å². The fourth-order valence-electron chi connectivity index (χ4n) is 2.79. The molecular weight excluding hydrogens is 294 g/mol. The zero-order valence-electron chi connectivity index (χ0n) is 12.0. The molecule has 3 heterocycles. The topological polar surface area (TPSA) is 154 Å². The van der Waals surface area contributed by atoms with Gasteiger partial charge >= 0.3 is 5.65 Å². The number of nitrogens with two attached hydrogens (primary N) is 1. The summed E-state index contributed by atoms with van der Waals surface area (Å²) < 4.78 is 8.40. The molecule has 1 fully saturated rings. The molecule has 5 N–H and O–H groups in total. The largest absolute Gasteiger partial charge is 0.856 e. The van der Waals surface area contributed by atoms with Gasteiger partial charge in [0, 0.05) is 5.88 Å². The first-order valence-corrected chi connectivity index (χ1v) is 6.64. The van der Waals surface area contributed by atoms with Crippen molar-refractivity contribution < 1.29 is 29.7 Å². The van der Waals surface area contributed by atoms with Gasteiger partial charge in [-0.05, 0) is 6.92 Å². The van der Waals surface area contributed by atoms with Crippen molar-refractivity contribution in [1.29, 1.82) is 0 Å².